The number of nitrogens with one attached hydrogen (secondary N) is 1. The Hall–Kier alpha value is -1.19. The second-order valence-corrected chi connectivity index (χ2v) is 19.3. The van der Waals surface area contributed by atoms with E-state index < -0.39 is 10.0 Å². The molecule has 0 bridgehead atoms. The van der Waals surface area contributed by atoms with Crippen molar-refractivity contribution in [1.82, 2.24) is 9.62 Å². The molecule has 0 fully saturated rings. The maximum atomic E-state index is 12.8. The largest absolute Gasteiger partial charge is 0.465 e. The zero-order chi connectivity index (χ0) is 42.1. The van der Waals surface area contributed by atoms with Crippen molar-refractivity contribution in [2.45, 2.75) is 253 Å². The van der Waals surface area contributed by atoms with Gasteiger partial charge < -0.3 is 14.4 Å². The Labute approximate surface area is 355 Å². The number of sulfonamides is 1. The van der Waals surface area contributed by atoms with Crippen molar-refractivity contribution in [3.8, 4) is 0 Å². The van der Waals surface area contributed by atoms with Gasteiger partial charge in [-0.05, 0) is 96.7 Å². The molecule has 0 aliphatic carbocycles. The van der Waals surface area contributed by atoms with Crippen LogP contribution in [0.25, 0.3) is 0 Å². The zero-order valence-electron chi connectivity index (χ0n) is 38.5. The molecule has 1 atom stereocenters. The number of unbranched alkanes of at least 4 members (excludes halogenated alkanes) is 22. The molecule has 1 unspecified atom stereocenters. The molecule has 0 amide bonds. The van der Waals surface area contributed by atoms with Crippen molar-refractivity contribution in [1.29, 1.82) is 0 Å². The van der Waals surface area contributed by atoms with Crippen LogP contribution in [0.4, 0.5) is 0 Å². The molecule has 9 heteroatoms. The van der Waals surface area contributed by atoms with Crippen LogP contribution in [-0.2, 0) is 29.1 Å². The van der Waals surface area contributed by atoms with Gasteiger partial charge in [-0.3, -0.25) is 9.59 Å². The van der Waals surface area contributed by atoms with Crippen LogP contribution in [-0.4, -0.2) is 69.9 Å². The van der Waals surface area contributed by atoms with Crippen molar-refractivity contribution >= 4 is 22.0 Å². The van der Waals surface area contributed by atoms with Crippen LogP contribution in [0.3, 0.4) is 0 Å². The third-order valence-electron chi connectivity index (χ3n) is 11.5. The predicted molar refractivity (Wildman–Crippen MR) is 243 cm³/mol. The lowest BCUT2D eigenvalue weighted by atomic mass is 10.0. The van der Waals surface area contributed by atoms with Gasteiger partial charge in [0.15, 0.2) is 0 Å². The third kappa shape index (κ3) is 40.0. The van der Waals surface area contributed by atoms with Gasteiger partial charge in [0.1, 0.15) is 6.10 Å². The highest BCUT2D eigenvalue weighted by molar-refractivity contribution is 7.89. The minimum atomic E-state index is -3.16. The highest BCUT2D eigenvalue weighted by atomic mass is 32.2. The van der Waals surface area contributed by atoms with Gasteiger partial charge in [-0.1, -0.05) is 163 Å². The highest BCUT2D eigenvalue weighted by Gasteiger charge is 2.15. The first-order valence-electron chi connectivity index (χ1n) is 24.7. The smallest absolute Gasteiger partial charge is 0.306 e. The predicted octanol–water partition coefficient (Wildman–Crippen LogP) is 13.3. The number of hydrogen-bond donors (Lipinski definition) is 1. The van der Waals surface area contributed by atoms with Crippen LogP contribution >= 0.6 is 0 Å². The fourth-order valence-corrected chi connectivity index (χ4v) is 8.20. The van der Waals surface area contributed by atoms with Gasteiger partial charge in [0.2, 0.25) is 10.0 Å². The first-order chi connectivity index (χ1) is 27.7. The van der Waals surface area contributed by atoms with E-state index in [1.165, 1.54) is 109 Å². The van der Waals surface area contributed by atoms with Crippen LogP contribution in [0.15, 0.2) is 0 Å². The van der Waals surface area contributed by atoms with Gasteiger partial charge in [-0.2, -0.15) is 0 Å². The molecule has 0 aliphatic rings. The topological polar surface area (TPSA) is 102 Å². The van der Waals surface area contributed by atoms with E-state index in [4.69, 9.17) is 9.47 Å². The minimum Gasteiger partial charge on any atom is -0.465 e. The van der Waals surface area contributed by atoms with E-state index in [0.29, 0.717) is 31.9 Å². The summed E-state index contributed by atoms with van der Waals surface area (Å²) in [5.41, 5.74) is 0. The van der Waals surface area contributed by atoms with E-state index in [9.17, 15) is 18.0 Å². The number of nitrogens with zero attached hydrogens (tertiary/aromatic N) is 1. The van der Waals surface area contributed by atoms with E-state index >= 15 is 0 Å². The lowest BCUT2D eigenvalue weighted by Gasteiger charge is -2.22. The first kappa shape index (κ1) is 55.8. The van der Waals surface area contributed by atoms with E-state index in [1.807, 2.05) is 0 Å². The Morgan fingerprint density at radius 1 is 0.509 bits per heavy atom. The van der Waals surface area contributed by atoms with Crippen molar-refractivity contribution in [3.05, 3.63) is 0 Å². The Bertz CT molecular complexity index is 977. The van der Waals surface area contributed by atoms with E-state index in [2.05, 4.69) is 37.3 Å². The molecule has 0 aliphatic heterocycles. The van der Waals surface area contributed by atoms with Crippen molar-refractivity contribution in [3.63, 3.8) is 0 Å². The van der Waals surface area contributed by atoms with Gasteiger partial charge in [-0.25, -0.2) is 13.1 Å². The van der Waals surface area contributed by atoms with Gasteiger partial charge in [0, 0.05) is 19.4 Å². The zero-order valence-corrected chi connectivity index (χ0v) is 39.4. The lowest BCUT2D eigenvalue weighted by Crippen LogP contribution is -2.32. The summed E-state index contributed by atoms with van der Waals surface area (Å²) >= 11 is 0. The molecule has 8 nitrogen and oxygen atoms in total. The summed E-state index contributed by atoms with van der Waals surface area (Å²) in [5.74, 6) is 0.501. The van der Waals surface area contributed by atoms with Gasteiger partial charge in [-0.15, -0.1) is 0 Å². The summed E-state index contributed by atoms with van der Waals surface area (Å²) in [6.45, 7) is 14.6. The maximum absolute atomic E-state index is 12.8. The molecular weight excluding hydrogens is 733 g/mol. The second kappa shape index (κ2) is 41.5. The van der Waals surface area contributed by atoms with Crippen LogP contribution < -0.4 is 4.72 Å². The summed E-state index contributed by atoms with van der Waals surface area (Å²) in [4.78, 5) is 27.5. The molecule has 0 aromatic heterocycles. The summed E-state index contributed by atoms with van der Waals surface area (Å²) in [6, 6.07) is 0. The quantitative estimate of drug-likeness (QED) is 0.0482. The molecule has 0 aromatic rings. The standard InChI is InChI=1S/C48H96N2O6S/c1-6-10-13-16-21-28-36-46(37-29-22-17-14-11-7-2)56-48(52)39-31-24-19-26-33-42-50(43-34-40-49-57(53,54)9-4)41-32-25-18-23-30-38-47(51)55-44-45(5)35-27-20-15-12-8-3/h45-46,49H,6-44H2,1-5H3. The SMILES string of the molecule is CCCCCCCCC(CCCCCCCC)OC(=O)CCCCCCCN(CCCCCCCC(=O)OCC(C)CCCCCCC)CCCNS(=O)(=O)CC. The molecule has 0 heterocycles. The summed E-state index contributed by atoms with van der Waals surface area (Å²) in [6.07, 6.45) is 37.4. The van der Waals surface area contributed by atoms with Crippen LogP contribution in [0.1, 0.15) is 247 Å². The van der Waals surface area contributed by atoms with Crippen molar-refractivity contribution in [2.24, 2.45) is 5.92 Å². The molecule has 0 rings (SSSR count). The highest BCUT2D eigenvalue weighted by Crippen LogP contribution is 2.19. The van der Waals surface area contributed by atoms with Crippen molar-refractivity contribution in [2.75, 3.05) is 38.5 Å². The maximum Gasteiger partial charge on any atom is 0.306 e. The number of carbonyl (C=O) groups excluding carboxylic acids is 2. The Morgan fingerprint density at radius 3 is 1.40 bits per heavy atom. The Morgan fingerprint density at radius 2 is 0.912 bits per heavy atom. The third-order valence-corrected chi connectivity index (χ3v) is 12.9. The fourth-order valence-electron chi connectivity index (χ4n) is 7.54. The first-order valence-corrected chi connectivity index (χ1v) is 26.4. The molecule has 57 heavy (non-hydrogen) atoms. The van der Waals surface area contributed by atoms with Crippen LogP contribution in [0, 0.1) is 5.92 Å². The normalized spacial score (nSPS) is 12.5. The molecular formula is C48H96N2O6S. The van der Waals surface area contributed by atoms with E-state index in [-0.39, 0.29) is 23.8 Å². The molecule has 0 saturated carbocycles. The van der Waals surface area contributed by atoms with E-state index in [0.717, 1.165) is 110 Å². The van der Waals surface area contributed by atoms with Gasteiger partial charge in [0.25, 0.3) is 0 Å². The number of carbonyl (C=O) groups is 2. The fraction of sp³-hybridized carbons (Fsp3) is 0.958. The molecule has 340 valence electrons. The average molecular weight is 829 g/mol. The average Bonchev–Trinajstić information content (AvgIpc) is 3.19. The van der Waals surface area contributed by atoms with Crippen molar-refractivity contribution < 1.29 is 27.5 Å². The summed E-state index contributed by atoms with van der Waals surface area (Å²) in [5, 5.41) is 0. The molecule has 0 saturated heterocycles. The van der Waals surface area contributed by atoms with E-state index in [1.54, 1.807) is 6.92 Å². The lowest BCUT2D eigenvalue weighted by molar-refractivity contribution is -0.150. The summed E-state index contributed by atoms with van der Waals surface area (Å²) < 4.78 is 38.1. The number of ether oxygens (including phenoxy) is 2. The summed E-state index contributed by atoms with van der Waals surface area (Å²) in [7, 11) is -3.16. The minimum absolute atomic E-state index is 0.00444. The number of hydrogen-bond acceptors (Lipinski definition) is 7. The Kier molecular flexibility index (Phi) is 40.7. The van der Waals surface area contributed by atoms with Crippen LogP contribution in [0.2, 0.25) is 0 Å². The molecule has 0 radical (unpaired) electrons. The number of rotatable bonds is 45. The second-order valence-electron chi connectivity index (χ2n) is 17.2. The van der Waals surface area contributed by atoms with Gasteiger partial charge >= 0.3 is 11.9 Å². The Balaban J connectivity index is 4.41. The molecule has 1 N–H and O–H groups in total. The number of esters is 2. The van der Waals surface area contributed by atoms with Gasteiger partial charge in [0.05, 0.1) is 12.4 Å². The van der Waals surface area contributed by atoms with Crippen LogP contribution in [0.5, 0.6) is 0 Å². The monoisotopic (exact) mass is 829 g/mol. The molecule has 0 aromatic carbocycles. The molecule has 0 spiro atoms.